The minimum Gasteiger partial charge on any atom is -0.462 e. The summed E-state index contributed by atoms with van der Waals surface area (Å²) in [6, 6.07) is 18.1. The summed E-state index contributed by atoms with van der Waals surface area (Å²) in [4.78, 5) is 12.5. The van der Waals surface area contributed by atoms with Crippen LogP contribution in [-0.2, 0) is 19.9 Å². The molecule has 4 fully saturated rings. The summed E-state index contributed by atoms with van der Waals surface area (Å²) >= 11 is 0. The molecule has 4 saturated carbocycles. The van der Waals surface area contributed by atoms with Gasteiger partial charge in [-0.15, -0.1) is 0 Å². The van der Waals surface area contributed by atoms with Crippen LogP contribution in [0.15, 0.2) is 48.5 Å². The molecule has 7 rings (SSSR count). The van der Waals surface area contributed by atoms with Crippen molar-refractivity contribution in [1.29, 1.82) is 0 Å². The van der Waals surface area contributed by atoms with Crippen molar-refractivity contribution in [1.82, 2.24) is 0 Å². The molecule has 0 spiro atoms. The average molecular weight is 485 g/mol. The zero-order chi connectivity index (χ0) is 25.2. The molecular formula is C33H40O3. The molecule has 0 heterocycles. The van der Waals surface area contributed by atoms with E-state index in [1.807, 2.05) is 6.92 Å². The van der Waals surface area contributed by atoms with E-state index in [1.165, 1.54) is 32.7 Å². The van der Waals surface area contributed by atoms with Gasteiger partial charge in [0, 0.05) is 0 Å². The molecule has 0 saturated heterocycles. The van der Waals surface area contributed by atoms with Crippen LogP contribution in [0, 0.1) is 36.5 Å². The standard InChI is InChI=1S/C33H40O3/c1-6-20(3)32(34)35-30-23-14-25-16-24(30)17-26(15-23)31(25)36-33(4,5)27-11-12-28-22(18-27)10-9-21-8-7-19(2)13-29(21)28/h7-13,18,20,23-26,30-31H,6,14-17H2,1-5H3. The molecule has 3 heteroatoms. The molecule has 0 aromatic heterocycles. The Morgan fingerprint density at radius 3 is 2.14 bits per heavy atom. The van der Waals surface area contributed by atoms with E-state index in [2.05, 4.69) is 76.2 Å². The quantitative estimate of drug-likeness (QED) is 0.263. The molecule has 4 aliphatic rings. The number of benzene rings is 3. The highest BCUT2D eigenvalue weighted by molar-refractivity contribution is 6.07. The van der Waals surface area contributed by atoms with Crippen LogP contribution in [0.3, 0.4) is 0 Å². The minimum atomic E-state index is -0.349. The fourth-order valence-electron chi connectivity index (χ4n) is 7.54. The van der Waals surface area contributed by atoms with E-state index in [9.17, 15) is 4.79 Å². The second-order valence-electron chi connectivity index (χ2n) is 12.5. The van der Waals surface area contributed by atoms with Crippen molar-refractivity contribution in [2.45, 2.75) is 84.5 Å². The summed E-state index contributed by atoms with van der Waals surface area (Å²) in [5.41, 5.74) is 2.19. The van der Waals surface area contributed by atoms with E-state index in [0.717, 1.165) is 32.1 Å². The third-order valence-corrected chi connectivity index (χ3v) is 9.67. The summed E-state index contributed by atoms with van der Waals surface area (Å²) in [7, 11) is 0. The number of ether oxygens (including phenoxy) is 2. The Kier molecular flexibility index (Phi) is 5.91. The van der Waals surface area contributed by atoms with Crippen LogP contribution in [-0.4, -0.2) is 18.2 Å². The van der Waals surface area contributed by atoms with Crippen LogP contribution >= 0.6 is 0 Å². The largest absolute Gasteiger partial charge is 0.462 e. The lowest BCUT2D eigenvalue weighted by Crippen LogP contribution is -2.57. The van der Waals surface area contributed by atoms with Gasteiger partial charge in [0.1, 0.15) is 6.10 Å². The Bertz CT molecular complexity index is 1280. The molecule has 190 valence electrons. The lowest BCUT2D eigenvalue weighted by atomic mass is 9.53. The Hall–Kier alpha value is -2.39. The van der Waals surface area contributed by atoms with Gasteiger partial charge in [0.15, 0.2) is 0 Å². The van der Waals surface area contributed by atoms with Crippen molar-refractivity contribution in [3.63, 3.8) is 0 Å². The predicted octanol–water partition coefficient (Wildman–Crippen LogP) is 7.95. The Morgan fingerprint density at radius 1 is 0.861 bits per heavy atom. The van der Waals surface area contributed by atoms with E-state index in [1.54, 1.807) is 0 Å². The second kappa shape index (κ2) is 8.87. The molecule has 3 aromatic rings. The molecule has 1 unspecified atom stereocenters. The lowest BCUT2D eigenvalue weighted by molar-refractivity contribution is -0.217. The molecule has 4 aliphatic carbocycles. The van der Waals surface area contributed by atoms with E-state index < -0.39 is 0 Å². The monoisotopic (exact) mass is 484 g/mol. The first-order valence-electron chi connectivity index (χ1n) is 14.1. The van der Waals surface area contributed by atoms with Gasteiger partial charge < -0.3 is 9.47 Å². The maximum Gasteiger partial charge on any atom is 0.308 e. The molecular weight excluding hydrogens is 444 g/mol. The minimum absolute atomic E-state index is 0.00281. The molecule has 0 radical (unpaired) electrons. The fourth-order valence-corrected chi connectivity index (χ4v) is 7.54. The number of rotatable bonds is 6. The number of esters is 1. The Morgan fingerprint density at radius 2 is 1.47 bits per heavy atom. The topological polar surface area (TPSA) is 35.5 Å². The predicted molar refractivity (Wildman–Crippen MR) is 146 cm³/mol. The highest BCUT2D eigenvalue weighted by atomic mass is 16.5. The molecule has 36 heavy (non-hydrogen) atoms. The third-order valence-electron chi connectivity index (χ3n) is 9.67. The van der Waals surface area contributed by atoms with Crippen LogP contribution in [0.25, 0.3) is 21.5 Å². The van der Waals surface area contributed by atoms with E-state index >= 15 is 0 Å². The van der Waals surface area contributed by atoms with Crippen LogP contribution < -0.4 is 0 Å². The molecule has 3 aromatic carbocycles. The van der Waals surface area contributed by atoms with Crippen molar-refractivity contribution in [3.05, 3.63) is 59.7 Å². The van der Waals surface area contributed by atoms with Crippen molar-refractivity contribution < 1.29 is 14.3 Å². The maximum atomic E-state index is 12.5. The van der Waals surface area contributed by atoms with Gasteiger partial charge in [-0.1, -0.05) is 61.9 Å². The molecule has 3 nitrogen and oxygen atoms in total. The summed E-state index contributed by atoms with van der Waals surface area (Å²) < 4.78 is 13.1. The van der Waals surface area contributed by atoms with E-state index in [4.69, 9.17) is 9.47 Å². The van der Waals surface area contributed by atoms with Crippen molar-refractivity contribution in [2.24, 2.45) is 29.6 Å². The maximum absolute atomic E-state index is 12.5. The van der Waals surface area contributed by atoms with E-state index in [0.29, 0.717) is 29.8 Å². The molecule has 0 amide bonds. The summed E-state index contributed by atoms with van der Waals surface area (Å²) in [5, 5.41) is 5.20. The summed E-state index contributed by atoms with van der Waals surface area (Å²) in [6.07, 6.45) is 5.82. The zero-order valence-electron chi connectivity index (χ0n) is 22.4. The van der Waals surface area contributed by atoms with E-state index in [-0.39, 0.29) is 23.6 Å². The Balaban J connectivity index is 1.20. The Labute approximate surface area is 215 Å². The number of carbonyl (C=O) groups excluding carboxylic acids is 1. The number of carbonyl (C=O) groups is 1. The first kappa shape index (κ1) is 24.0. The molecule has 0 N–H and O–H groups in total. The van der Waals surface area contributed by atoms with Crippen LogP contribution in [0.2, 0.25) is 0 Å². The number of hydrogen-bond acceptors (Lipinski definition) is 3. The normalized spacial score (nSPS) is 30.1. The van der Waals surface area contributed by atoms with Crippen molar-refractivity contribution in [2.75, 3.05) is 0 Å². The van der Waals surface area contributed by atoms with Gasteiger partial charge >= 0.3 is 5.97 Å². The van der Waals surface area contributed by atoms with Crippen molar-refractivity contribution >= 4 is 27.5 Å². The fraction of sp³-hybridized carbons (Fsp3) is 0.545. The first-order valence-corrected chi connectivity index (χ1v) is 14.1. The van der Waals surface area contributed by atoms with Gasteiger partial charge in [-0.2, -0.15) is 0 Å². The van der Waals surface area contributed by atoms with Gasteiger partial charge in [0.25, 0.3) is 0 Å². The average Bonchev–Trinajstić information content (AvgIpc) is 2.86. The van der Waals surface area contributed by atoms with Crippen LogP contribution in [0.5, 0.6) is 0 Å². The first-order chi connectivity index (χ1) is 17.2. The van der Waals surface area contributed by atoms with Gasteiger partial charge in [-0.25, -0.2) is 0 Å². The van der Waals surface area contributed by atoms with Gasteiger partial charge in [0.05, 0.1) is 17.6 Å². The summed E-state index contributed by atoms with van der Waals surface area (Å²) in [5.74, 6) is 2.20. The third kappa shape index (κ3) is 4.04. The van der Waals surface area contributed by atoms with Crippen LogP contribution in [0.1, 0.15) is 70.9 Å². The number of fused-ring (bicyclic) bond motifs is 3. The van der Waals surface area contributed by atoms with Crippen LogP contribution in [0.4, 0.5) is 0 Å². The summed E-state index contributed by atoms with van der Waals surface area (Å²) in [6.45, 7) is 10.7. The van der Waals surface area contributed by atoms with Gasteiger partial charge in [0.2, 0.25) is 0 Å². The zero-order valence-corrected chi connectivity index (χ0v) is 22.4. The second-order valence-corrected chi connectivity index (χ2v) is 12.5. The molecule has 0 aliphatic heterocycles. The number of hydrogen-bond donors (Lipinski definition) is 0. The van der Waals surface area contributed by atoms with Crippen molar-refractivity contribution in [3.8, 4) is 0 Å². The SMILES string of the molecule is CCC(C)C(=O)OC1C2CC3CC1CC(C2)C3OC(C)(C)c1ccc2c(ccc3ccc(C)cc32)c1. The molecule has 1 atom stereocenters. The molecule has 4 bridgehead atoms. The van der Waals surface area contributed by atoms with Gasteiger partial charge in [-0.3, -0.25) is 4.79 Å². The van der Waals surface area contributed by atoms with Gasteiger partial charge in [-0.05, 0) is 110 Å². The number of aryl methyl sites for hydroxylation is 1. The smallest absolute Gasteiger partial charge is 0.308 e. The highest BCUT2D eigenvalue weighted by Gasteiger charge is 2.55. The lowest BCUT2D eigenvalue weighted by Gasteiger charge is -2.58. The highest BCUT2D eigenvalue weighted by Crippen LogP contribution is 2.57.